The monoisotopic (exact) mass is 276 g/mol. The highest BCUT2D eigenvalue weighted by molar-refractivity contribution is 5.64. The number of nitrogen functional groups attached to an aromatic ring is 1. The summed E-state index contributed by atoms with van der Waals surface area (Å²) in [6.07, 6.45) is 0. The van der Waals surface area contributed by atoms with Gasteiger partial charge in [-0.3, -0.25) is 0 Å². The maximum atomic E-state index is 14.3. The summed E-state index contributed by atoms with van der Waals surface area (Å²) >= 11 is 0. The van der Waals surface area contributed by atoms with Crippen molar-refractivity contribution in [2.45, 2.75) is 0 Å². The molecule has 2 heterocycles. The number of hydrogen-bond donors (Lipinski definition) is 1. The van der Waals surface area contributed by atoms with E-state index in [1.54, 1.807) is 12.1 Å². The van der Waals surface area contributed by atoms with Crippen molar-refractivity contribution in [2.24, 2.45) is 0 Å². The topological polar surface area (TPSA) is 58.5 Å². The van der Waals surface area contributed by atoms with Gasteiger partial charge in [0.25, 0.3) is 0 Å². The molecular weight excluding hydrogens is 259 g/mol. The fraction of sp³-hybridized carbons (Fsp3) is 0.357. The SMILES string of the molecule is CN1CCN(c2ccc(-c3cc(N)no3)cc2F)CC1. The summed E-state index contributed by atoms with van der Waals surface area (Å²) in [7, 11) is 2.07. The minimum Gasteiger partial charge on any atom is -0.381 e. The molecule has 5 nitrogen and oxygen atoms in total. The Morgan fingerprint density at radius 3 is 2.55 bits per heavy atom. The van der Waals surface area contributed by atoms with Crippen molar-refractivity contribution in [3.05, 3.63) is 30.1 Å². The van der Waals surface area contributed by atoms with Gasteiger partial charge in [-0.2, -0.15) is 0 Å². The van der Waals surface area contributed by atoms with Crippen molar-refractivity contribution >= 4 is 11.5 Å². The Hall–Kier alpha value is -2.08. The van der Waals surface area contributed by atoms with Crippen molar-refractivity contribution in [1.29, 1.82) is 0 Å². The van der Waals surface area contributed by atoms with Crippen molar-refractivity contribution in [2.75, 3.05) is 43.9 Å². The fourth-order valence-corrected chi connectivity index (χ4v) is 2.39. The molecule has 2 aromatic rings. The molecule has 1 saturated heterocycles. The summed E-state index contributed by atoms with van der Waals surface area (Å²) in [6.45, 7) is 3.56. The van der Waals surface area contributed by atoms with E-state index in [-0.39, 0.29) is 5.82 Å². The first kappa shape index (κ1) is 12.9. The Morgan fingerprint density at radius 2 is 1.95 bits per heavy atom. The number of anilines is 2. The molecule has 106 valence electrons. The van der Waals surface area contributed by atoms with Gasteiger partial charge in [0.2, 0.25) is 0 Å². The predicted octanol–water partition coefficient (Wildman–Crippen LogP) is 1.81. The Balaban J connectivity index is 1.84. The molecule has 1 aliphatic heterocycles. The van der Waals surface area contributed by atoms with E-state index in [1.807, 2.05) is 6.07 Å². The van der Waals surface area contributed by atoms with E-state index >= 15 is 0 Å². The first-order valence-electron chi connectivity index (χ1n) is 6.59. The molecule has 0 amide bonds. The second-order valence-electron chi connectivity index (χ2n) is 5.07. The lowest BCUT2D eigenvalue weighted by Gasteiger charge is -2.34. The van der Waals surface area contributed by atoms with Gasteiger partial charge in [-0.15, -0.1) is 0 Å². The van der Waals surface area contributed by atoms with Gasteiger partial charge >= 0.3 is 0 Å². The third-order valence-corrected chi connectivity index (χ3v) is 3.60. The molecule has 0 atom stereocenters. The Bertz CT molecular complexity index is 605. The third-order valence-electron chi connectivity index (χ3n) is 3.60. The van der Waals surface area contributed by atoms with Gasteiger partial charge in [-0.25, -0.2) is 4.39 Å². The largest absolute Gasteiger partial charge is 0.381 e. The molecule has 1 aromatic carbocycles. The van der Waals surface area contributed by atoms with Gasteiger partial charge < -0.3 is 20.1 Å². The van der Waals surface area contributed by atoms with Crippen molar-refractivity contribution in [1.82, 2.24) is 10.1 Å². The van der Waals surface area contributed by atoms with E-state index in [1.165, 1.54) is 6.07 Å². The van der Waals surface area contributed by atoms with Crippen LogP contribution in [0.1, 0.15) is 0 Å². The first-order chi connectivity index (χ1) is 9.63. The maximum Gasteiger partial charge on any atom is 0.169 e. The van der Waals surface area contributed by atoms with E-state index < -0.39 is 0 Å². The fourth-order valence-electron chi connectivity index (χ4n) is 2.39. The average molecular weight is 276 g/mol. The third kappa shape index (κ3) is 2.46. The molecule has 1 fully saturated rings. The Kier molecular flexibility index (Phi) is 3.31. The molecule has 20 heavy (non-hydrogen) atoms. The second-order valence-corrected chi connectivity index (χ2v) is 5.07. The van der Waals surface area contributed by atoms with Gasteiger partial charge in [-0.05, 0) is 25.2 Å². The number of hydrogen-bond acceptors (Lipinski definition) is 5. The minimum absolute atomic E-state index is 0.248. The van der Waals surface area contributed by atoms with Crippen LogP contribution in [0.5, 0.6) is 0 Å². The Labute approximate surface area is 116 Å². The zero-order chi connectivity index (χ0) is 14.1. The molecular formula is C14H17FN4O. The number of nitrogens with two attached hydrogens (primary N) is 1. The molecule has 0 radical (unpaired) electrons. The summed E-state index contributed by atoms with van der Waals surface area (Å²) in [6, 6.07) is 6.67. The van der Waals surface area contributed by atoms with Crippen LogP contribution in [-0.4, -0.2) is 43.3 Å². The lowest BCUT2D eigenvalue weighted by Crippen LogP contribution is -2.44. The van der Waals surface area contributed by atoms with Gasteiger partial charge in [0.15, 0.2) is 11.6 Å². The standard InChI is InChI=1S/C14H17FN4O/c1-18-4-6-19(7-5-18)12-3-2-10(8-11(12)15)13-9-14(16)17-20-13/h2-3,8-9H,4-7H2,1H3,(H2,16,17). The maximum absolute atomic E-state index is 14.3. The summed E-state index contributed by atoms with van der Waals surface area (Å²) in [5.74, 6) is 0.525. The van der Waals surface area contributed by atoms with Crippen LogP contribution in [0.2, 0.25) is 0 Å². The molecule has 0 spiro atoms. The van der Waals surface area contributed by atoms with E-state index in [2.05, 4.69) is 22.0 Å². The molecule has 0 saturated carbocycles. The number of halogens is 1. The molecule has 1 aliphatic rings. The lowest BCUT2D eigenvalue weighted by atomic mass is 10.1. The normalized spacial score (nSPS) is 16.6. The van der Waals surface area contributed by atoms with E-state index in [0.717, 1.165) is 26.2 Å². The van der Waals surface area contributed by atoms with Crippen LogP contribution in [-0.2, 0) is 0 Å². The summed E-state index contributed by atoms with van der Waals surface area (Å²) in [5, 5.41) is 3.61. The van der Waals surface area contributed by atoms with Crippen LogP contribution in [0.15, 0.2) is 28.8 Å². The molecule has 0 unspecified atom stereocenters. The first-order valence-corrected chi connectivity index (χ1v) is 6.59. The van der Waals surface area contributed by atoms with Crippen molar-refractivity contribution in [3.63, 3.8) is 0 Å². The van der Waals surface area contributed by atoms with Crippen molar-refractivity contribution < 1.29 is 8.91 Å². The van der Waals surface area contributed by atoms with Gasteiger partial charge in [0.05, 0.1) is 5.69 Å². The number of likely N-dealkylation sites (N-methyl/N-ethyl adjacent to an activating group) is 1. The minimum atomic E-state index is -0.248. The zero-order valence-electron chi connectivity index (χ0n) is 11.3. The van der Waals surface area contributed by atoms with Crippen LogP contribution in [0.4, 0.5) is 15.9 Å². The van der Waals surface area contributed by atoms with Crippen LogP contribution >= 0.6 is 0 Å². The van der Waals surface area contributed by atoms with E-state index in [9.17, 15) is 4.39 Å². The summed E-state index contributed by atoms with van der Waals surface area (Å²) in [5.41, 5.74) is 6.78. The molecule has 0 aliphatic carbocycles. The summed E-state index contributed by atoms with van der Waals surface area (Å²) < 4.78 is 19.3. The molecule has 2 N–H and O–H groups in total. The molecule has 0 bridgehead atoms. The van der Waals surface area contributed by atoms with Gasteiger partial charge in [0.1, 0.15) is 5.82 Å². The zero-order valence-corrected chi connectivity index (χ0v) is 11.3. The number of nitrogens with zero attached hydrogens (tertiary/aromatic N) is 3. The second kappa shape index (κ2) is 5.13. The van der Waals surface area contributed by atoms with Gasteiger partial charge in [-0.1, -0.05) is 5.16 Å². The quantitative estimate of drug-likeness (QED) is 0.906. The van der Waals surface area contributed by atoms with Crippen molar-refractivity contribution in [3.8, 4) is 11.3 Å². The number of aromatic nitrogens is 1. The van der Waals surface area contributed by atoms with Crippen LogP contribution < -0.4 is 10.6 Å². The van der Waals surface area contributed by atoms with Crippen LogP contribution in [0, 0.1) is 5.82 Å². The smallest absolute Gasteiger partial charge is 0.169 e. The molecule has 1 aromatic heterocycles. The lowest BCUT2D eigenvalue weighted by molar-refractivity contribution is 0.311. The molecule has 6 heteroatoms. The summed E-state index contributed by atoms with van der Waals surface area (Å²) in [4.78, 5) is 4.30. The highest BCUT2D eigenvalue weighted by atomic mass is 19.1. The number of piperazine rings is 1. The average Bonchev–Trinajstić information content (AvgIpc) is 2.87. The predicted molar refractivity (Wildman–Crippen MR) is 76.0 cm³/mol. The van der Waals surface area contributed by atoms with E-state index in [4.69, 9.17) is 10.3 Å². The highest BCUT2D eigenvalue weighted by Gasteiger charge is 2.18. The number of benzene rings is 1. The van der Waals surface area contributed by atoms with Crippen LogP contribution in [0.3, 0.4) is 0 Å². The Morgan fingerprint density at radius 1 is 1.20 bits per heavy atom. The molecule has 3 rings (SSSR count). The number of rotatable bonds is 2. The van der Waals surface area contributed by atoms with E-state index in [0.29, 0.717) is 22.8 Å². The van der Waals surface area contributed by atoms with Crippen LogP contribution in [0.25, 0.3) is 11.3 Å². The van der Waals surface area contributed by atoms with Gasteiger partial charge in [0, 0.05) is 37.8 Å². The highest BCUT2D eigenvalue weighted by Crippen LogP contribution is 2.27.